The van der Waals surface area contributed by atoms with Crippen LogP contribution in [-0.4, -0.2) is 24.1 Å². The number of nitrogens with zero attached hydrogens (tertiary/aromatic N) is 1. The highest BCUT2D eigenvalue weighted by atomic mass is 32.2. The maximum atomic E-state index is 12.7. The van der Waals surface area contributed by atoms with Gasteiger partial charge in [0.25, 0.3) is 5.76 Å². The van der Waals surface area contributed by atoms with Gasteiger partial charge in [-0.3, -0.25) is 9.59 Å². The van der Waals surface area contributed by atoms with E-state index in [1.165, 1.54) is 6.07 Å². The Morgan fingerprint density at radius 3 is 2.58 bits per heavy atom. The highest BCUT2D eigenvalue weighted by Crippen LogP contribution is 2.33. The fourth-order valence-corrected chi connectivity index (χ4v) is 3.46. The fourth-order valence-electron chi connectivity index (χ4n) is 2.86. The second-order valence-corrected chi connectivity index (χ2v) is 7.14. The molecule has 0 saturated carbocycles. The standard InChI is InChI=1S/C19H18F2N2O2S/c1-12-6-8-14(9-7-12)23-11-13(10-17(23)24)18(25)22-15-4-2-3-5-16(15)26-19(20)21/h2-9,13,19H,10-11H2,1H3,(H,22,25). The predicted octanol–water partition coefficient (Wildman–Crippen LogP) is 4.30. The largest absolute Gasteiger partial charge is 0.325 e. The molecule has 1 saturated heterocycles. The number of rotatable bonds is 5. The van der Waals surface area contributed by atoms with Gasteiger partial charge < -0.3 is 10.2 Å². The van der Waals surface area contributed by atoms with E-state index in [1.54, 1.807) is 23.1 Å². The number of anilines is 2. The molecule has 1 heterocycles. The minimum atomic E-state index is -2.57. The summed E-state index contributed by atoms with van der Waals surface area (Å²) in [4.78, 5) is 26.7. The predicted molar refractivity (Wildman–Crippen MR) is 98.6 cm³/mol. The number of hydrogen-bond donors (Lipinski definition) is 1. The first kappa shape index (κ1) is 18.4. The van der Waals surface area contributed by atoms with Gasteiger partial charge in [-0.1, -0.05) is 41.6 Å². The smallest absolute Gasteiger partial charge is 0.288 e. The number of aryl methyl sites for hydroxylation is 1. The molecule has 2 aromatic carbocycles. The van der Waals surface area contributed by atoms with Gasteiger partial charge in [0.15, 0.2) is 0 Å². The molecule has 2 aromatic rings. The Hall–Kier alpha value is -2.41. The van der Waals surface area contributed by atoms with Crippen molar-refractivity contribution in [1.82, 2.24) is 0 Å². The van der Waals surface area contributed by atoms with E-state index in [-0.39, 0.29) is 24.8 Å². The third-order valence-corrected chi connectivity index (χ3v) is 4.99. The van der Waals surface area contributed by atoms with Crippen molar-refractivity contribution in [3.63, 3.8) is 0 Å². The van der Waals surface area contributed by atoms with Gasteiger partial charge in [0.2, 0.25) is 11.8 Å². The van der Waals surface area contributed by atoms with E-state index in [0.717, 1.165) is 11.3 Å². The van der Waals surface area contributed by atoms with Gasteiger partial charge in [0.1, 0.15) is 0 Å². The molecule has 1 atom stereocenters. The van der Waals surface area contributed by atoms with Gasteiger partial charge in [-0.2, -0.15) is 8.78 Å². The van der Waals surface area contributed by atoms with Crippen molar-refractivity contribution in [2.75, 3.05) is 16.8 Å². The number of benzene rings is 2. The number of carbonyl (C=O) groups excluding carboxylic acids is 2. The number of halogens is 2. The second-order valence-electron chi connectivity index (χ2n) is 6.10. The summed E-state index contributed by atoms with van der Waals surface area (Å²) < 4.78 is 25.3. The molecule has 0 bridgehead atoms. The molecular formula is C19H18F2N2O2S. The maximum Gasteiger partial charge on any atom is 0.288 e. The molecule has 136 valence electrons. The van der Waals surface area contributed by atoms with Crippen LogP contribution in [-0.2, 0) is 9.59 Å². The first-order valence-corrected chi connectivity index (χ1v) is 9.04. The van der Waals surface area contributed by atoms with Gasteiger partial charge >= 0.3 is 0 Å². The van der Waals surface area contributed by atoms with Crippen LogP contribution in [0.15, 0.2) is 53.4 Å². The molecule has 0 radical (unpaired) electrons. The molecule has 1 fully saturated rings. The van der Waals surface area contributed by atoms with Crippen LogP contribution < -0.4 is 10.2 Å². The van der Waals surface area contributed by atoms with Crippen LogP contribution in [0.2, 0.25) is 0 Å². The topological polar surface area (TPSA) is 49.4 Å². The molecule has 1 aliphatic heterocycles. The van der Waals surface area contributed by atoms with E-state index < -0.39 is 11.7 Å². The summed E-state index contributed by atoms with van der Waals surface area (Å²) in [7, 11) is 0. The van der Waals surface area contributed by atoms with Crippen molar-refractivity contribution >= 4 is 35.0 Å². The summed E-state index contributed by atoms with van der Waals surface area (Å²) in [6.45, 7) is 2.23. The lowest BCUT2D eigenvalue weighted by Gasteiger charge is -2.17. The molecular weight excluding hydrogens is 358 g/mol. The zero-order valence-corrected chi connectivity index (χ0v) is 14.9. The van der Waals surface area contributed by atoms with Crippen LogP contribution in [0, 0.1) is 12.8 Å². The highest BCUT2D eigenvalue weighted by Gasteiger charge is 2.35. The van der Waals surface area contributed by atoms with E-state index in [1.807, 2.05) is 31.2 Å². The molecule has 26 heavy (non-hydrogen) atoms. The Morgan fingerprint density at radius 1 is 1.19 bits per heavy atom. The molecule has 0 spiro atoms. The van der Waals surface area contributed by atoms with E-state index in [4.69, 9.17) is 0 Å². The monoisotopic (exact) mass is 376 g/mol. The molecule has 7 heteroatoms. The van der Waals surface area contributed by atoms with Crippen LogP contribution >= 0.6 is 11.8 Å². The number of amides is 2. The van der Waals surface area contributed by atoms with Gasteiger partial charge in [0.05, 0.1) is 11.6 Å². The van der Waals surface area contributed by atoms with Crippen molar-refractivity contribution < 1.29 is 18.4 Å². The number of nitrogens with one attached hydrogen (secondary N) is 1. The van der Waals surface area contributed by atoms with Crippen molar-refractivity contribution in [2.24, 2.45) is 5.92 Å². The molecule has 3 rings (SSSR count). The van der Waals surface area contributed by atoms with Crippen LogP contribution in [0.25, 0.3) is 0 Å². The average molecular weight is 376 g/mol. The zero-order chi connectivity index (χ0) is 18.7. The van der Waals surface area contributed by atoms with Crippen LogP contribution in [0.5, 0.6) is 0 Å². The Morgan fingerprint density at radius 2 is 1.88 bits per heavy atom. The average Bonchev–Trinajstić information content (AvgIpc) is 2.99. The Bertz CT molecular complexity index is 811. The quantitative estimate of drug-likeness (QED) is 0.792. The Labute approximate surface area is 154 Å². The maximum absolute atomic E-state index is 12.7. The van der Waals surface area contributed by atoms with Crippen molar-refractivity contribution in [3.8, 4) is 0 Å². The molecule has 0 aromatic heterocycles. The summed E-state index contributed by atoms with van der Waals surface area (Å²) in [5.41, 5.74) is 2.18. The molecule has 4 nitrogen and oxygen atoms in total. The minimum absolute atomic E-state index is 0.101. The fraction of sp³-hybridized carbons (Fsp3) is 0.263. The van der Waals surface area contributed by atoms with Gasteiger partial charge in [-0.05, 0) is 31.2 Å². The molecule has 1 aliphatic rings. The first-order valence-electron chi connectivity index (χ1n) is 8.16. The third-order valence-electron chi connectivity index (χ3n) is 4.20. The summed E-state index contributed by atoms with van der Waals surface area (Å²) >= 11 is 0.383. The van der Waals surface area contributed by atoms with Crippen LogP contribution in [0.3, 0.4) is 0 Å². The van der Waals surface area contributed by atoms with E-state index in [9.17, 15) is 18.4 Å². The SMILES string of the molecule is Cc1ccc(N2CC(C(=O)Nc3ccccc3SC(F)F)CC2=O)cc1. The van der Waals surface area contributed by atoms with Crippen LogP contribution in [0.4, 0.5) is 20.2 Å². The zero-order valence-electron chi connectivity index (χ0n) is 14.1. The van der Waals surface area contributed by atoms with Crippen molar-refractivity contribution in [1.29, 1.82) is 0 Å². The lowest BCUT2D eigenvalue weighted by Crippen LogP contribution is -2.28. The molecule has 1 N–H and O–H groups in total. The second kappa shape index (κ2) is 7.86. The van der Waals surface area contributed by atoms with E-state index in [0.29, 0.717) is 22.3 Å². The Kier molecular flexibility index (Phi) is 5.56. The van der Waals surface area contributed by atoms with Crippen molar-refractivity contribution in [3.05, 3.63) is 54.1 Å². The minimum Gasteiger partial charge on any atom is -0.325 e. The number of para-hydroxylation sites is 1. The molecule has 2 amide bonds. The summed E-state index contributed by atoms with van der Waals surface area (Å²) in [6.07, 6.45) is 0.101. The van der Waals surface area contributed by atoms with Gasteiger partial charge in [0, 0.05) is 23.5 Å². The Balaban J connectivity index is 1.70. The highest BCUT2D eigenvalue weighted by molar-refractivity contribution is 7.99. The van der Waals surface area contributed by atoms with Gasteiger partial charge in [-0.15, -0.1) is 0 Å². The first-order chi connectivity index (χ1) is 12.4. The number of carbonyl (C=O) groups is 2. The summed E-state index contributed by atoms with van der Waals surface area (Å²) in [6, 6.07) is 13.9. The lowest BCUT2D eigenvalue weighted by molar-refractivity contribution is -0.122. The summed E-state index contributed by atoms with van der Waals surface area (Å²) in [5.74, 6) is -3.55. The summed E-state index contributed by atoms with van der Waals surface area (Å²) in [5, 5.41) is 2.69. The number of alkyl halides is 2. The number of hydrogen-bond acceptors (Lipinski definition) is 3. The van der Waals surface area contributed by atoms with Crippen LogP contribution in [0.1, 0.15) is 12.0 Å². The van der Waals surface area contributed by atoms with E-state index >= 15 is 0 Å². The van der Waals surface area contributed by atoms with Crippen molar-refractivity contribution in [2.45, 2.75) is 24.0 Å². The normalized spacial score (nSPS) is 17.0. The molecule has 0 aliphatic carbocycles. The third kappa shape index (κ3) is 4.22. The number of thioether (sulfide) groups is 1. The van der Waals surface area contributed by atoms with Gasteiger partial charge in [-0.25, -0.2) is 0 Å². The molecule has 1 unspecified atom stereocenters. The van der Waals surface area contributed by atoms with E-state index in [2.05, 4.69) is 5.32 Å². The lowest BCUT2D eigenvalue weighted by atomic mass is 10.1.